The first-order valence-corrected chi connectivity index (χ1v) is 30.7. The summed E-state index contributed by atoms with van der Waals surface area (Å²) in [6, 6.07) is 8.66. The van der Waals surface area contributed by atoms with Crippen molar-refractivity contribution >= 4 is 255 Å². The van der Waals surface area contributed by atoms with Gasteiger partial charge in [-0.05, 0) is 105 Å². The van der Waals surface area contributed by atoms with Gasteiger partial charge in [-0.1, -0.05) is 198 Å². The lowest BCUT2D eigenvalue weighted by molar-refractivity contribution is 0.127. The molecular formula is C33H36Br16O4. The van der Waals surface area contributed by atoms with Gasteiger partial charge in [0.25, 0.3) is 0 Å². The third-order valence-corrected chi connectivity index (χ3v) is 24.7. The van der Waals surface area contributed by atoms with Gasteiger partial charge in [0.2, 0.25) is 0 Å². The summed E-state index contributed by atoms with van der Waals surface area (Å²) in [5, 5.41) is 3.12. The minimum Gasteiger partial charge on any atom is -0.490 e. The molecule has 8 unspecified atom stereocenters. The summed E-state index contributed by atoms with van der Waals surface area (Å²) in [4.78, 5) is 0.384. The molecule has 0 bridgehead atoms. The second-order valence-corrected chi connectivity index (χ2v) is 27.5. The zero-order valence-electron chi connectivity index (χ0n) is 27.8. The van der Waals surface area contributed by atoms with Crippen LogP contribution in [0.4, 0.5) is 0 Å². The summed E-state index contributed by atoms with van der Waals surface area (Å²) in [5.41, 5.74) is 1.47. The molecule has 0 N–H and O–H groups in total. The maximum absolute atomic E-state index is 6.29. The molecule has 0 heterocycles. The molecule has 0 fully saturated rings. The molecule has 4 nitrogen and oxygen atoms in total. The molecule has 0 spiro atoms. The second kappa shape index (κ2) is 28.4. The Balaban J connectivity index is 2.86. The van der Waals surface area contributed by atoms with E-state index in [2.05, 4.69) is 286 Å². The Kier molecular flexibility index (Phi) is 29.4. The maximum Gasteiger partial charge on any atom is 0.147 e. The second-order valence-electron chi connectivity index (χ2n) is 11.9. The third-order valence-electron chi connectivity index (χ3n) is 7.88. The summed E-state index contributed by atoms with van der Waals surface area (Å²) in [6.45, 7) is 5.39. The summed E-state index contributed by atoms with van der Waals surface area (Å²) < 4.78 is 28.4. The molecule has 53 heavy (non-hydrogen) atoms. The molecule has 8 atom stereocenters. The van der Waals surface area contributed by atoms with E-state index < -0.39 is 5.41 Å². The average molecular weight is 1780 g/mol. The highest BCUT2D eigenvalue weighted by Gasteiger charge is 2.49. The number of alkyl halides is 12. The summed E-state index contributed by atoms with van der Waals surface area (Å²) in [5.74, 6) is 1.35. The number of hydrogen-bond donors (Lipinski definition) is 0. The van der Waals surface area contributed by atoms with Crippen LogP contribution in [0.3, 0.4) is 0 Å². The SMILES string of the molecule is CC(c1cc(Br)c(OCC(Br)CBr)c(Br)c1)(c1cc(Br)c(OCC(Br)CBr)c(Br)c1)C(C(Br)C(Br)COCC(Br)CBr)C(Br)C(Br)COCC(Br)CBr. The Morgan fingerprint density at radius 1 is 0.472 bits per heavy atom. The molecule has 0 aliphatic heterocycles. The average Bonchev–Trinajstić information content (AvgIpc) is 3.12. The molecule has 304 valence electrons. The van der Waals surface area contributed by atoms with Crippen molar-refractivity contribution in [3.63, 3.8) is 0 Å². The van der Waals surface area contributed by atoms with Gasteiger partial charge in [-0.15, -0.1) is 0 Å². The van der Waals surface area contributed by atoms with Crippen molar-refractivity contribution in [1.82, 2.24) is 0 Å². The third kappa shape index (κ3) is 17.3. The van der Waals surface area contributed by atoms with E-state index in [0.29, 0.717) is 39.6 Å². The van der Waals surface area contributed by atoms with Crippen molar-refractivity contribution in [2.45, 2.75) is 51.0 Å². The molecule has 0 saturated heterocycles. The lowest BCUT2D eigenvalue weighted by atomic mass is 9.64. The van der Waals surface area contributed by atoms with Gasteiger partial charge in [0, 0.05) is 46.0 Å². The normalized spacial score (nSPS) is 18.3. The fourth-order valence-electron chi connectivity index (χ4n) is 5.14. The molecule has 2 rings (SSSR count). The van der Waals surface area contributed by atoms with Crippen molar-refractivity contribution in [2.24, 2.45) is 5.92 Å². The van der Waals surface area contributed by atoms with Crippen LogP contribution in [0.1, 0.15) is 18.1 Å². The highest BCUT2D eigenvalue weighted by atomic mass is 79.9. The maximum atomic E-state index is 6.29. The zero-order valence-corrected chi connectivity index (χ0v) is 53.1. The monoisotopic (exact) mass is 1760 g/mol. The Morgan fingerprint density at radius 2 is 0.755 bits per heavy atom. The van der Waals surface area contributed by atoms with Crippen molar-refractivity contribution in [3.8, 4) is 11.5 Å². The first-order chi connectivity index (χ1) is 25.0. The lowest BCUT2D eigenvalue weighted by Gasteiger charge is -2.46. The minimum atomic E-state index is -0.656. The predicted molar refractivity (Wildman–Crippen MR) is 283 cm³/mol. The Hall–Kier alpha value is 5.64. The number of ether oxygens (including phenoxy) is 4. The van der Waals surface area contributed by atoms with E-state index in [1.165, 1.54) is 0 Å². The largest absolute Gasteiger partial charge is 0.490 e. The van der Waals surface area contributed by atoms with Crippen LogP contribution in [-0.4, -0.2) is 99.6 Å². The Labute approximate surface area is 448 Å². The van der Waals surface area contributed by atoms with Crippen LogP contribution in [0.25, 0.3) is 0 Å². The number of hydrogen-bond acceptors (Lipinski definition) is 4. The lowest BCUT2D eigenvalue weighted by Crippen LogP contribution is -2.50. The van der Waals surface area contributed by atoms with Gasteiger partial charge < -0.3 is 18.9 Å². The topological polar surface area (TPSA) is 36.9 Å². The highest BCUT2D eigenvalue weighted by Crippen LogP contribution is 2.53. The van der Waals surface area contributed by atoms with Crippen LogP contribution in [0, 0.1) is 5.92 Å². The van der Waals surface area contributed by atoms with E-state index in [0.717, 1.165) is 61.8 Å². The van der Waals surface area contributed by atoms with E-state index in [-0.39, 0.29) is 44.5 Å². The van der Waals surface area contributed by atoms with Crippen LogP contribution in [0.5, 0.6) is 11.5 Å². The Morgan fingerprint density at radius 3 is 1.04 bits per heavy atom. The van der Waals surface area contributed by atoms with Gasteiger partial charge in [0.1, 0.15) is 24.7 Å². The van der Waals surface area contributed by atoms with E-state index in [1.54, 1.807) is 0 Å². The van der Waals surface area contributed by atoms with Crippen LogP contribution < -0.4 is 9.47 Å². The van der Waals surface area contributed by atoms with Gasteiger partial charge in [-0.25, -0.2) is 0 Å². The highest BCUT2D eigenvalue weighted by molar-refractivity contribution is 9.14. The molecule has 2 aromatic carbocycles. The molecule has 0 aromatic heterocycles. The quantitative estimate of drug-likeness (QED) is 0.0929. The zero-order chi connectivity index (χ0) is 40.0. The Bertz CT molecular complexity index is 1250. The molecular weight excluding hydrogens is 1740 g/mol. The van der Waals surface area contributed by atoms with Crippen LogP contribution in [0.15, 0.2) is 42.2 Å². The first-order valence-electron chi connectivity index (χ1n) is 15.7. The molecule has 0 aliphatic carbocycles. The number of rotatable bonds is 25. The molecule has 0 aliphatic rings. The van der Waals surface area contributed by atoms with E-state index >= 15 is 0 Å². The van der Waals surface area contributed by atoms with Gasteiger partial charge in [-0.3, -0.25) is 0 Å². The van der Waals surface area contributed by atoms with Gasteiger partial charge in [-0.2, -0.15) is 0 Å². The fraction of sp³-hybridized carbons (Fsp3) is 0.636. The predicted octanol–water partition coefficient (Wildman–Crippen LogP) is 16.1. The number of halogens is 16. The van der Waals surface area contributed by atoms with Gasteiger partial charge in [0.05, 0.1) is 63.6 Å². The van der Waals surface area contributed by atoms with E-state index in [9.17, 15) is 0 Å². The van der Waals surface area contributed by atoms with E-state index in [1.807, 2.05) is 0 Å². The van der Waals surface area contributed by atoms with Gasteiger partial charge >= 0.3 is 0 Å². The summed E-state index contributed by atoms with van der Waals surface area (Å²) >= 11 is 60.9. The minimum absolute atomic E-state index is 0.0629. The standard InChI is InChI=1S/C33H36Br16O4/c1-33(16-2-22(42)31(23(43)3-16)52-12-20(40)8-36,17-4-24(44)32(25(45)5-17)53-13-21(41)9-37)28(29(48)26(46)14-50-10-18(38)6-34)30(49)27(47)15-51-11-19(39)7-35/h2-5,18-21,26-30H,6-15H2,1H3. The molecule has 0 radical (unpaired) electrons. The fourth-order valence-corrected chi connectivity index (χ4v) is 12.8. The molecule has 0 amide bonds. The van der Waals surface area contributed by atoms with Crippen LogP contribution >= 0.6 is 255 Å². The smallest absolute Gasteiger partial charge is 0.147 e. The van der Waals surface area contributed by atoms with Crippen LogP contribution in [0.2, 0.25) is 0 Å². The molecule has 2 aromatic rings. The van der Waals surface area contributed by atoms with Crippen LogP contribution in [-0.2, 0) is 14.9 Å². The number of benzene rings is 2. The van der Waals surface area contributed by atoms with Crippen molar-refractivity contribution in [3.05, 3.63) is 53.3 Å². The van der Waals surface area contributed by atoms with Crippen molar-refractivity contribution in [1.29, 1.82) is 0 Å². The van der Waals surface area contributed by atoms with Gasteiger partial charge in [0.15, 0.2) is 0 Å². The van der Waals surface area contributed by atoms with Crippen molar-refractivity contribution < 1.29 is 18.9 Å². The van der Waals surface area contributed by atoms with Crippen molar-refractivity contribution in [2.75, 3.05) is 61.0 Å². The van der Waals surface area contributed by atoms with E-state index in [4.69, 9.17) is 18.9 Å². The molecule has 20 heteroatoms. The summed E-state index contributed by atoms with van der Waals surface area (Å²) in [6.07, 6.45) is 0. The first kappa shape index (κ1) is 54.8. The molecule has 0 saturated carbocycles. The summed E-state index contributed by atoms with van der Waals surface area (Å²) in [7, 11) is 0.